The second kappa shape index (κ2) is 4.38. The number of hydrogen-bond acceptors (Lipinski definition) is 2. The van der Waals surface area contributed by atoms with Crippen LogP contribution in [0.1, 0.15) is 18.9 Å². The quantitative estimate of drug-likeness (QED) is 0.760. The van der Waals surface area contributed by atoms with E-state index < -0.39 is 0 Å². The highest BCUT2D eigenvalue weighted by atomic mass is 35.5. The maximum absolute atomic E-state index is 6.09. The van der Waals surface area contributed by atoms with Crippen molar-refractivity contribution >= 4 is 17.3 Å². The van der Waals surface area contributed by atoms with E-state index >= 15 is 0 Å². The molecule has 3 heteroatoms. The molecule has 1 aromatic carbocycles. The van der Waals surface area contributed by atoms with Crippen LogP contribution < -0.4 is 10.5 Å². The zero-order valence-electron chi connectivity index (χ0n) is 7.93. The first kappa shape index (κ1) is 10.2. The summed E-state index contributed by atoms with van der Waals surface area (Å²) in [6.07, 6.45) is 2.02. The number of hydrogen-bond donors (Lipinski definition) is 1. The summed E-state index contributed by atoms with van der Waals surface area (Å²) >= 11 is 6.09. The monoisotopic (exact) mass is 199 g/mol. The largest absolute Gasteiger partial charge is 0.493 e. The highest BCUT2D eigenvalue weighted by Gasteiger charge is 2.09. The number of benzene rings is 1. The van der Waals surface area contributed by atoms with E-state index in [0.717, 1.165) is 18.4 Å². The molecule has 0 atom stereocenters. The van der Waals surface area contributed by atoms with Crippen LogP contribution in [0.15, 0.2) is 12.1 Å². The van der Waals surface area contributed by atoms with Gasteiger partial charge in [-0.15, -0.1) is 0 Å². The standard InChI is InChI=1S/C10H14ClNO/c1-3-4-7-5-6-8(12)10(13-2)9(7)11/h5-6H,3-4,12H2,1-2H3. The fourth-order valence-electron chi connectivity index (χ4n) is 1.28. The van der Waals surface area contributed by atoms with Crippen LogP contribution in [-0.2, 0) is 6.42 Å². The Labute approximate surface area is 83.6 Å². The topological polar surface area (TPSA) is 35.2 Å². The Bertz CT molecular complexity index is 299. The molecule has 0 saturated heterocycles. The number of ether oxygens (including phenoxy) is 1. The van der Waals surface area contributed by atoms with E-state index in [2.05, 4.69) is 6.92 Å². The molecule has 2 nitrogen and oxygen atoms in total. The Kier molecular flexibility index (Phi) is 3.43. The number of methoxy groups -OCH3 is 1. The van der Waals surface area contributed by atoms with Gasteiger partial charge in [-0.25, -0.2) is 0 Å². The molecule has 0 amide bonds. The van der Waals surface area contributed by atoms with Crippen LogP contribution in [0.3, 0.4) is 0 Å². The first-order valence-corrected chi connectivity index (χ1v) is 4.69. The van der Waals surface area contributed by atoms with Gasteiger partial charge in [0.05, 0.1) is 17.8 Å². The lowest BCUT2D eigenvalue weighted by molar-refractivity contribution is 0.416. The summed E-state index contributed by atoms with van der Waals surface area (Å²) in [5.41, 5.74) is 7.37. The van der Waals surface area contributed by atoms with Crippen molar-refractivity contribution in [2.45, 2.75) is 19.8 Å². The van der Waals surface area contributed by atoms with Crippen molar-refractivity contribution < 1.29 is 4.74 Å². The second-order valence-corrected chi connectivity index (χ2v) is 3.29. The fraction of sp³-hybridized carbons (Fsp3) is 0.400. The van der Waals surface area contributed by atoms with Gasteiger partial charge < -0.3 is 10.5 Å². The molecular formula is C10H14ClNO. The highest BCUT2D eigenvalue weighted by molar-refractivity contribution is 6.33. The van der Waals surface area contributed by atoms with Crippen LogP contribution in [0.4, 0.5) is 5.69 Å². The maximum atomic E-state index is 6.09. The van der Waals surface area contributed by atoms with Gasteiger partial charge in [-0.2, -0.15) is 0 Å². The van der Waals surface area contributed by atoms with Crippen LogP contribution in [0.5, 0.6) is 5.75 Å². The molecule has 0 fully saturated rings. The Hall–Kier alpha value is -0.890. The smallest absolute Gasteiger partial charge is 0.160 e. The number of aryl methyl sites for hydroxylation is 1. The van der Waals surface area contributed by atoms with Crippen molar-refractivity contribution in [2.24, 2.45) is 0 Å². The summed E-state index contributed by atoms with van der Waals surface area (Å²) in [4.78, 5) is 0. The van der Waals surface area contributed by atoms with Crippen molar-refractivity contribution in [3.63, 3.8) is 0 Å². The molecule has 0 heterocycles. The van der Waals surface area contributed by atoms with E-state index in [-0.39, 0.29) is 0 Å². The summed E-state index contributed by atoms with van der Waals surface area (Å²) in [6, 6.07) is 3.78. The lowest BCUT2D eigenvalue weighted by Crippen LogP contribution is -1.96. The molecule has 0 aliphatic heterocycles. The van der Waals surface area contributed by atoms with Crippen molar-refractivity contribution in [3.05, 3.63) is 22.7 Å². The minimum Gasteiger partial charge on any atom is -0.493 e. The molecule has 0 aromatic heterocycles. The molecule has 0 spiro atoms. The number of halogens is 1. The van der Waals surface area contributed by atoms with Gasteiger partial charge in [0.15, 0.2) is 5.75 Å². The molecule has 13 heavy (non-hydrogen) atoms. The minimum atomic E-state index is 0.590. The van der Waals surface area contributed by atoms with Gasteiger partial charge in [-0.05, 0) is 18.1 Å². The molecule has 1 rings (SSSR count). The third-order valence-corrected chi connectivity index (χ3v) is 2.35. The van der Waals surface area contributed by atoms with Gasteiger partial charge in [0.1, 0.15) is 0 Å². The Morgan fingerprint density at radius 1 is 1.46 bits per heavy atom. The lowest BCUT2D eigenvalue weighted by atomic mass is 10.1. The predicted molar refractivity (Wildman–Crippen MR) is 56.4 cm³/mol. The molecule has 0 aliphatic carbocycles. The Morgan fingerprint density at radius 2 is 2.15 bits per heavy atom. The Morgan fingerprint density at radius 3 is 2.69 bits per heavy atom. The summed E-state index contributed by atoms with van der Waals surface area (Å²) in [5.74, 6) is 0.590. The normalized spacial score (nSPS) is 10.1. The number of anilines is 1. The average molecular weight is 200 g/mol. The van der Waals surface area contributed by atoms with E-state index in [9.17, 15) is 0 Å². The van der Waals surface area contributed by atoms with Gasteiger partial charge in [-0.1, -0.05) is 31.0 Å². The Balaban J connectivity index is 3.11. The molecule has 0 aliphatic rings. The molecular weight excluding hydrogens is 186 g/mol. The van der Waals surface area contributed by atoms with Gasteiger partial charge in [0.2, 0.25) is 0 Å². The summed E-state index contributed by atoms with van der Waals surface area (Å²) in [6.45, 7) is 2.11. The first-order valence-electron chi connectivity index (χ1n) is 4.31. The number of rotatable bonds is 3. The first-order chi connectivity index (χ1) is 6.20. The molecule has 72 valence electrons. The fourth-order valence-corrected chi connectivity index (χ4v) is 1.63. The molecule has 1 aromatic rings. The zero-order valence-corrected chi connectivity index (χ0v) is 8.69. The second-order valence-electron chi connectivity index (χ2n) is 2.91. The number of nitrogen functional groups attached to an aromatic ring is 1. The molecule has 0 radical (unpaired) electrons. The van der Waals surface area contributed by atoms with E-state index in [1.54, 1.807) is 7.11 Å². The SMILES string of the molecule is CCCc1ccc(N)c(OC)c1Cl. The number of nitrogens with two attached hydrogens (primary N) is 1. The molecule has 2 N–H and O–H groups in total. The summed E-state index contributed by atoms with van der Waals surface area (Å²) in [7, 11) is 1.58. The van der Waals surface area contributed by atoms with Crippen molar-refractivity contribution in [2.75, 3.05) is 12.8 Å². The van der Waals surface area contributed by atoms with Crippen LogP contribution >= 0.6 is 11.6 Å². The third-order valence-electron chi connectivity index (χ3n) is 1.93. The maximum Gasteiger partial charge on any atom is 0.160 e. The van der Waals surface area contributed by atoms with E-state index in [4.69, 9.17) is 22.1 Å². The lowest BCUT2D eigenvalue weighted by Gasteiger charge is -2.10. The summed E-state index contributed by atoms with van der Waals surface area (Å²) in [5, 5.41) is 0.643. The molecule has 0 bridgehead atoms. The highest BCUT2D eigenvalue weighted by Crippen LogP contribution is 2.34. The van der Waals surface area contributed by atoms with Gasteiger partial charge >= 0.3 is 0 Å². The van der Waals surface area contributed by atoms with E-state index in [0.29, 0.717) is 16.5 Å². The summed E-state index contributed by atoms with van der Waals surface area (Å²) < 4.78 is 5.11. The van der Waals surface area contributed by atoms with Gasteiger partial charge in [0, 0.05) is 0 Å². The van der Waals surface area contributed by atoms with E-state index in [1.807, 2.05) is 12.1 Å². The molecule has 0 saturated carbocycles. The van der Waals surface area contributed by atoms with Crippen LogP contribution in [0, 0.1) is 0 Å². The van der Waals surface area contributed by atoms with Crippen molar-refractivity contribution in [1.82, 2.24) is 0 Å². The van der Waals surface area contributed by atoms with Crippen LogP contribution in [0.2, 0.25) is 5.02 Å². The van der Waals surface area contributed by atoms with E-state index in [1.165, 1.54) is 0 Å². The van der Waals surface area contributed by atoms with Crippen molar-refractivity contribution in [1.29, 1.82) is 0 Å². The van der Waals surface area contributed by atoms with Gasteiger partial charge in [0.25, 0.3) is 0 Å². The van der Waals surface area contributed by atoms with Crippen molar-refractivity contribution in [3.8, 4) is 5.75 Å². The molecule has 0 unspecified atom stereocenters. The van der Waals surface area contributed by atoms with Crippen LogP contribution in [-0.4, -0.2) is 7.11 Å². The average Bonchev–Trinajstić information content (AvgIpc) is 2.11. The van der Waals surface area contributed by atoms with Crippen LogP contribution in [0.25, 0.3) is 0 Å². The van der Waals surface area contributed by atoms with Gasteiger partial charge in [-0.3, -0.25) is 0 Å². The minimum absolute atomic E-state index is 0.590. The third kappa shape index (κ3) is 2.07. The predicted octanol–water partition coefficient (Wildman–Crippen LogP) is 2.88. The zero-order chi connectivity index (χ0) is 9.84.